The van der Waals surface area contributed by atoms with Gasteiger partial charge in [0.15, 0.2) is 0 Å². The maximum atomic E-state index is 12.6. The lowest BCUT2D eigenvalue weighted by Crippen LogP contribution is -2.22. The quantitative estimate of drug-likeness (QED) is 0.690. The zero-order valence-corrected chi connectivity index (χ0v) is 14.8. The molecule has 2 aromatic heterocycles. The number of H-pyrrole nitrogens is 1. The molecule has 3 aromatic rings. The van der Waals surface area contributed by atoms with Crippen LogP contribution in [0.3, 0.4) is 0 Å². The fraction of sp³-hybridized carbons (Fsp3) is 0.389. The number of methoxy groups -OCH3 is 1. The van der Waals surface area contributed by atoms with E-state index in [4.69, 9.17) is 4.74 Å². The van der Waals surface area contributed by atoms with E-state index in [0.29, 0.717) is 18.3 Å². The Morgan fingerprint density at radius 1 is 1.24 bits per heavy atom. The predicted molar refractivity (Wildman–Crippen MR) is 97.3 cm³/mol. The minimum Gasteiger partial charge on any atom is -0.497 e. The Kier molecular flexibility index (Phi) is 5.02. The molecule has 0 aliphatic heterocycles. The van der Waals surface area contributed by atoms with Crippen molar-refractivity contribution in [3.8, 4) is 5.75 Å². The smallest absolute Gasteiger partial charge is 0.277 e. The molecule has 25 heavy (non-hydrogen) atoms. The van der Waals surface area contributed by atoms with Gasteiger partial charge in [0.05, 0.1) is 12.8 Å². The fourth-order valence-corrected chi connectivity index (χ4v) is 2.70. The van der Waals surface area contributed by atoms with E-state index < -0.39 is 0 Å². The molecule has 1 aromatic carbocycles. The maximum Gasteiger partial charge on any atom is 0.277 e. The molecule has 132 valence electrons. The van der Waals surface area contributed by atoms with Gasteiger partial charge in [0.1, 0.15) is 5.75 Å². The summed E-state index contributed by atoms with van der Waals surface area (Å²) in [7, 11) is 1.64. The van der Waals surface area contributed by atoms with E-state index in [0.717, 1.165) is 41.8 Å². The van der Waals surface area contributed by atoms with Crippen LogP contribution in [-0.2, 0) is 13.0 Å². The molecule has 0 fully saturated rings. The fourth-order valence-electron chi connectivity index (χ4n) is 2.70. The molecule has 0 amide bonds. The van der Waals surface area contributed by atoms with Crippen molar-refractivity contribution in [2.45, 2.75) is 39.7 Å². The molecule has 0 saturated heterocycles. The van der Waals surface area contributed by atoms with E-state index in [1.54, 1.807) is 7.11 Å². The first kappa shape index (κ1) is 17.0. The van der Waals surface area contributed by atoms with Gasteiger partial charge in [-0.2, -0.15) is 9.50 Å². The summed E-state index contributed by atoms with van der Waals surface area (Å²) in [5.74, 6) is 1.73. The van der Waals surface area contributed by atoms with Gasteiger partial charge in [-0.1, -0.05) is 25.5 Å². The number of aryl methyl sites for hydroxylation is 1. The average Bonchev–Trinajstić information content (AvgIpc) is 3.03. The zero-order chi connectivity index (χ0) is 17.8. The Hall–Kier alpha value is -2.83. The number of hydrogen-bond acceptors (Lipinski definition) is 5. The van der Waals surface area contributed by atoms with Crippen LogP contribution < -0.4 is 15.6 Å². The molecule has 2 heterocycles. The third kappa shape index (κ3) is 3.65. The van der Waals surface area contributed by atoms with E-state index in [1.165, 1.54) is 4.52 Å². The summed E-state index contributed by atoms with van der Waals surface area (Å²) in [6.45, 7) is 4.56. The maximum absolute atomic E-state index is 12.6. The van der Waals surface area contributed by atoms with Crippen LogP contribution in [0.5, 0.6) is 5.75 Å². The standard InChI is InChI=1S/C18H23N5O2/c1-4-5-6-15-12(2)20-18-21-17(22-23(18)16(15)24)19-11-13-7-9-14(25-3)10-8-13/h7-10H,4-6,11H2,1-3H3,(H2,19,20,21,22). The van der Waals surface area contributed by atoms with Gasteiger partial charge in [-0.05, 0) is 37.5 Å². The molecule has 0 unspecified atom stereocenters. The summed E-state index contributed by atoms with van der Waals surface area (Å²) in [6.07, 6.45) is 2.75. The highest BCUT2D eigenvalue weighted by Gasteiger charge is 2.12. The predicted octanol–water partition coefficient (Wildman–Crippen LogP) is 2.69. The average molecular weight is 341 g/mol. The number of unbranched alkanes of at least 4 members (excludes halogenated alkanes) is 1. The summed E-state index contributed by atoms with van der Waals surface area (Å²) in [5, 5.41) is 6.19. The van der Waals surface area contributed by atoms with Crippen LogP contribution >= 0.6 is 0 Å². The molecule has 7 nitrogen and oxygen atoms in total. The second-order valence-corrected chi connectivity index (χ2v) is 5.99. The van der Waals surface area contributed by atoms with Crippen molar-refractivity contribution >= 4 is 11.7 Å². The van der Waals surface area contributed by atoms with Crippen LogP contribution in [0, 0.1) is 6.92 Å². The molecule has 7 heteroatoms. The monoisotopic (exact) mass is 341 g/mol. The number of fused-ring (bicyclic) bond motifs is 1. The lowest BCUT2D eigenvalue weighted by atomic mass is 10.1. The first-order valence-corrected chi connectivity index (χ1v) is 8.47. The number of hydrogen-bond donors (Lipinski definition) is 2. The number of benzene rings is 1. The number of ether oxygens (including phenoxy) is 1. The number of nitrogens with one attached hydrogen (secondary N) is 2. The second-order valence-electron chi connectivity index (χ2n) is 5.99. The number of anilines is 1. The molecular weight excluding hydrogens is 318 g/mol. The van der Waals surface area contributed by atoms with Gasteiger partial charge in [-0.15, -0.1) is 0 Å². The Morgan fingerprint density at radius 3 is 2.68 bits per heavy atom. The lowest BCUT2D eigenvalue weighted by Gasteiger charge is -2.04. The van der Waals surface area contributed by atoms with Crippen LogP contribution in [-0.4, -0.2) is 26.7 Å². The lowest BCUT2D eigenvalue weighted by molar-refractivity contribution is 0.414. The number of aromatic amines is 1. The summed E-state index contributed by atoms with van der Waals surface area (Å²) in [6, 6.07) is 7.77. The Bertz CT molecular complexity index is 912. The SMILES string of the molecule is CCCCc1c(C)nc2nc(NCc3ccc(OC)cc3)[nH]n2c1=O. The van der Waals surface area contributed by atoms with Crippen molar-refractivity contribution in [2.24, 2.45) is 0 Å². The highest BCUT2D eigenvalue weighted by atomic mass is 16.5. The summed E-state index contributed by atoms with van der Waals surface area (Å²) < 4.78 is 6.56. The molecule has 0 radical (unpaired) electrons. The van der Waals surface area contributed by atoms with Crippen LogP contribution in [0.1, 0.15) is 36.6 Å². The van der Waals surface area contributed by atoms with Crippen molar-refractivity contribution in [2.75, 3.05) is 12.4 Å². The normalized spacial score (nSPS) is 11.0. The van der Waals surface area contributed by atoms with Crippen molar-refractivity contribution in [1.29, 1.82) is 0 Å². The van der Waals surface area contributed by atoms with E-state index >= 15 is 0 Å². The van der Waals surface area contributed by atoms with Gasteiger partial charge >= 0.3 is 0 Å². The van der Waals surface area contributed by atoms with Crippen molar-refractivity contribution in [3.63, 3.8) is 0 Å². The molecular formula is C18H23N5O2. The third-order valence-electron chi connectivity index (χ3n) is 4.19. The highest BCUT2D eigenvalue weighted by Crippen LogP contribution is 2.13. The second kappa shape index (κ2) is 7.38. The molecule has 0 atom stereocenters. The molecule has 0 saturated carbocycles. The number of aromatic nitrogens is 4. The molecule has 0 aliphatic carbocycles. The van der Waals surface area contributed by atoms with Gasteiger partial charge in [0, 0.05) is 12.1 Å². The third-order valence-corrected chi connectivity index (χ3v) is 4.19. The van der Waals surface area contributed by atoms with Gasteiger partial charge in [-0.25, -0.2) is 4.98 Å². The summed E-state index contributed by atoms with van der Waals surface area (Å²) in [4.78, 5) is 21.4. The molecule has 0 aliphatic rings. The molecule has 0 bridgehead atoms. The van der Waals surface area contributed by atoms with Crippen molar-refractivity contribution < 1.29 is 4.74 Å². The summed E-state index contributed by atoms with van der Waals surface area (Å²) in [5.41, 5.74) is 2.53. The zero-order valence-electron chi connectivity index (χ0n) is 14.8. The Labute approximate surface area is 146 Å². The minimum absolute atomic E-state index is 0.0686. The molecule has 3 rings (SSSR count). The number of nitrogens with zero attached hydrogens (tertiary/aromatic N) is 3. The van der Waals surface area contributed by atoms with E-state index in [2.05, 4.69) is 27.3 Å². The van der Waals surface area contributed by atoms with Crippen molar-refractivity contribution in [3.05, 3.63) is 51.4 Å². The van der Waals surface area contributed by atoms with Crippen LogP contribution in [0.2, 0.25) is 0 Å². The highest BCUT2D eigenvalue weighted by molar-refractivity contribution is 5.40. The first-order valence-electron chi connectivity index (χ1n) is 8.47. The van der Waals surface area contributed by atoms with Gasteiger partial charge in [0.25, 0.3) is 11.3 Å². The van der Waals surface area contributed by atoms with Gasteiger partial charge in [-0.3, -0.25) is 9.89 Å². The van der Waals surface area contributed by atoms with Crippen LogP contribution in [0.4, 0.5) is 5.95 Å². The van der Waals surface area contributed by atoms with E-state index in [9.17, 15) is 4.79 Å². The minimum atomic E-state index is -0.0686. The van der Waals surface area contributed by atoms with E-state index in [1.807, 2.05) is 31.2 Å². The Morgan fingerprint density at radius 2 is 2.00 bits per heavy atom. The molecule has 0 spiro atoms. The molecule has 2 N–H and O–H groups in total. The van der Waals surface area contributed by atoms with Crippen LogP contribution in [0.15, 0.2) is 29.1 Å². The topological polar surface area (TPSA) is 84.3 Å². The van der Waals surface area contributed by atoms with Crippen molar-refractivity contribution in [1.82, 2.24) is 19.6 Å². The summed E-state index contributed by atoms with van der Waals surface area (Å²) >= 11 is 0. The number of rotatable bonds is 7. The van der Waals surface area contributed by atoms with Gasteiger partial charge in [0.2, 0.25) is 5.95 Å². The van der Waals surface area contributed by atoms with Crippen LogP contribution in [0.25, 0.3) is 5.78 Å². The Balaban J connectivity index is 1.80. The van der Waals surface area contributed by atoms with E-state index in [-0.39, 0.29) is 5.56 Å². The largest absolute Gasteiger partial charge is 0.497 e. The first-order chi connectivity index (χ1) is 12.1. The van der Waals surface area contributed by atoms with Gasteiger partial charge < -0.3 is 10.1 Å².